The van der Waals surface area contributed by atoms with Crippen molar-refractivity contribution in [1.82, 2.24) is 4.90 Å². The predicted molar refractivity (Wildman–Crippen MR) is 81.3 cm³/mol. The van der Waals surface area contributed by atoms with Crippen molar-refractivity contribution in [1.29, 1.82) is 0 Å². The molecule has 1 atom stereocenters. The largest absolute Gasteiger partial charge is 0.478 e. The van der Waals surface area contributed by atoms with E-state index in [4.69, 9.17) is 5.11 Å². The standard InChI is InChI=1S/C15H19NO4S/c1-10(17)11-4-6-16(7-5-11)15(20)12-8-13(21-9-12)2-3-14(18)19/h2-3,8-11,17H,4-7H2,1H3,(H,18,19)/b3-2+. The van der Waals surface area contributed by atoms with Crippen LogP contribution in [-0.4, -0.2) is 46.2 Å². The monoisotopic (exact) mass is 309 g/mol. The van der Waals surface area contributed by atoms with Crippen LogP contribution in [0.4, 0.5) is 0 Å². The highest BCUT2D eigenvalue weighted by Gasteiger charge is 2.26. The van der Waals surface area contributed by atoms with Gasteiger partial charge in [0.25, 0.3) is 5.91 Å². The highest BCUT2D eigenvalue weighted by atomic mass is 32.1. The highest BCUT2D eigenvalue weighted by molar-refractivity contribution is 7.11. The van der Waals surface area contributed by atoms with E-state index in [1.54, 1.807) is 23.3 Å². The summed E-state index contributed by atoms with van der Waals surface area (Å²) in [5, 5.41) is 19.9. The van der Waals surface area contributed by atoms with Gasteiger partial charge in [-0.25, -0.2) is 4.79 Å². The Bertz CT molecular complexity index is 542. The number of carbonyl (C=O) groups excluding carboxylic acids is 1. The maximum Gasteiger partial charge on any atom is 0.328 e. The van der Waals surface area contributed by atoms with Crippen LogP contribution < -0.4 is 0 Å². The molecular formula is C15H19NO4S. The van der Waals surface area contributed by atoms with Crippen LogP contribution in [0.3, 0.4) is 0 Å². The molecule has 2 N–H and O–H groups in total. The van der Waals surface area contributed by atoms with Crippen LogP contribution >= 0.6 is 11.3 Å². The Balaban J connectivity index is 1.96. The van der Waals surface area contributed by atoms with Gasteiger partial charge in [-0.1, -0.05) is 0 Å². The van der Waals surface area contributed by atoms with E-state index < -0.39 is 5.97 Å². The second-order valence-corrected chi connectivity index (χ2v) is 6.22. The second-order valence-electron chi connectivity index (χ2n) is 5.28. The Hall–Kier alpha value is -1.66. The number of piperidine rings is 1. The number of carbonyl (C=O) groups is 2. The number of thiophene rings is 1. The molecule has 114 valence electrons. The third kappa shape index (κ3) is 4.15. The van der Waals surface area contributed by atoms with Crippen molar-refractivity contribution in [2.75, 3.05) is 13.1 Å². The van der Waals surface area contributed by atoms with E-state index in [9.17, 15) is 14.7 Å². The van der Waals surface area contributed by atoms with E-state index in [-0.39, 0.29) is 17.9 Å². The fraction of sp³-hybridized carbons (Fsp3) is 0.467. The molecule has 21 heavy (non-hydrogen) atoms. The molecule has 1 aliphatic rings. The number of likely N-dealkylation sites (tertiary alicyclic amines) is 1. The number of hydrogen-bond donors (Lipinski definition) is 2. The molecule has 0 radical (unpaired) electrons. The van der Waals surface area contributed by atoms with Crippen molar-refractivity contribution in [2.45, 2.75) is 25.9 Å². The molecule has 0 aliphatic carbocycles. The van der Waals surface area contributed by atoms with Crippen LogP contribution in [0.5, 0.6) is 0 Å². The van der Waals surface area contributed by atoms with Crippen molar-refractivity contribution in [2.24, 2.45) is 5.92 Å². The van der Waals surface area contributed by atoms with E-state index in [1.165, 1.54) is 17.4 Å². The SMILES string of the molecule is CC(O)C1CCN(C(=O)c2csc(/C=C/C(=O)O)c2)CC1. The summed E-state index contributed by atoms with van der Waals surface area (Å²) in [6.45, 7) is 3.11. The van der Waals surface area contributed by atoms with Crippen LogP contribution in [0.15, 0.2) is 17.5 Å². The Kier molecular flexibility index (Phi) is 5.14. The average Bonchev–Trinajstić information content (AvgIpc) is 2.93. The number of rotatable bonds is 4. The first-order valence-electron chi connectivity index (χ1n) is 6.94. The number of nitrogens with zero attached hydrogens (tertiary/aromatic N) is 1. The molecule has 0 aromatic carbocycles. The molecule has 0 bridgehead atoms. The highest BCUT2D eigenvalue weighted by Crippen LogP contribution is 2.23. The van der Waals surface area contributed by atoms with Gasteiger partial charge in [-0.05, 0) is 37.8 Å². The van der Waals surface area contributed by atoms with Crippen LogP contribution in [-0.2, 0) is 4.79 Å². The number of aliphatic hydroxyl groups is 1. The first-order valence-corrected chi connectivity index (χ1v) is 7.82. The zero-order valence-corrected chi connectivity index (χ0v) is 12.7. The van der Waals surface area contributed by atoms with E-state index >= 15 is 0 Å². The normalized spacial score (nSPS) is 18.1. The molecule has 5 nitrogen and oxygen atoms in total. The van der Waals surface area contributed by atoms with Crippen LogP contribution in [0, 0.1) is 5.92 Å². The number of amides is 1. The zero-order chi connectivity index (χ0) is 15.4. The summed E-state index contributed by atoms with van der Waals surface area (Å²) >= 11 is 1.35. The molecule has 1 aliphatic heterocycles. The van der Waals surface area contributed by atoms with Crippen molar-refractivity contribution in [3.05, 3.63) is 28.0 Å². The molecule has 1 amide bonds. The van der Waals surface area contributed by atoms with Crippen molar-refractivity contribution in [3.63, 3.8) is 0 Å². The summed E-state index contributed by atoms with van der Waals surface area (Å²) in [6, 6.07) is 1.72. The smallest absolute Gasteiger partial charge is 0.328 e. The van der Waals surface area contributed by atoms with Gasteiger partial charge >= 0.3 is 5.97 Å². The molecule has 2 heterocycles. The van der Waals surface area contributed by atoms with E-state index in [0.717, 1.165) is 23.8 Å². The molecule has 1 saturated heterocycles. The molecule has 6 heteroatoms. The Morgan fingerprint density at radius 1 is 1.43 bits per heavy atom. The first kappa shape index (κ1) is 15.7. The predicted octanol–water partition coefficient (Wildman–Crippen LogP) is 2.08. The Labute approximate surface area is 127 Å². The van der Waals surface area contributed by atoms with Crippen molar-refractivity contribution in [3.8, 4) is 0 Å². The Morgan fingerprint density at radius 2 is 2.10 bits per heavy atom. The van der Waals surface area contributed by atoms with E-state index in [1.807, 2.05) is 0 Å². The summed E-state index contributed by atoms with van der Waals surface area (Å²) in [5.74, 6) is -0.757. The lowest BCUT2D eigenvalue weighted by atomic mass is 9.92. The minimum atomic E-state index is -1.00. The minimum Gasteiger partial charge on any atom is -0.478 e. The summed E-state index contributed by atoms with van der Waals surface area (Å²) < 4.78 is 0. The van der Waals surface area contributed by atoms with Gasteiger partial charge in [-0.2, -0.15) is 0 Å². The third-order valence-corrected chi connectivity index (χ3v) is 4.66. The average molecular weight is 309 g/mol. The lowest BCUT2D eigenvalue weighted by Crippen LogP contribution is -2.40. The minimum absolute atomic E-state index is 0.0229. The maximum absolute atomic E-state index is 12.4. The summed E-state index contributed by atoms with van der Waals surface area (Å²) in [5.41, 5.74) is 0.598. The van der Waals surface area contributed by atoms with Gasteiger partial charge in [0.1, 0.15) is 0 Å². The van der Waals surface area contributed by atoms with Gasteiger partial charge in [0, 0.05) is 29.4 Å². The van der Waals surface area contributed by atoms with Gasteiger partial charge in [0.2, 0.25) is 0 Å². The molecule has 2 rings (SSSR count). The van der Waals surface area contributed by atoms with Gasteiger partial charge in [-0.3, -0.25) is 4.79 Å². The molecule has 1 fully saturated rings. The fourth-order valence-corrected chi connectivity index (χ4v) is 3.25. The number of aliphatic carboxylic acids is 1. The number of hydrogen-bond acceptors (Lipinski definition) is 4. The molecule has 0 saturated carbocycles. The lowest BCUT2D eigenvalue weighted by molar-refractivity contribution is -0.131. The number of carboxylic acid groups (broad SMARTS) is 1. The van der Waals surface area contributed by atoms with Gasteiger partial charge < -0.3 is 15.1 Å². The number of carboxylic acids is 1. The quantitative estimate of drug-likeness (QED) is 0.835. The van der Waals surface area contributed by atoms with Crippen LogP contribution in [0.1, 0.15) is 35.0 Å². The van der Waals surface area contributed by atoms with E-state index in [2.05, 4.69) is 0 Å². The summed E-state index contributed by atoms with van der Waals surface area (Å²) in [7, 11) is 0. The summed E-state index contributed by atoms with van der Waals surface area (Å²) in [4.78, 5) is 25.4. The van der Waals surface area contributed by atoms with Gasteiger partial charge in [0.05, 0.1) is 11.7 Å². The topological polar surface area (TPSA) is 77.8 Å². The van der Waals surface area contributed by atoms with E-state index in [0.29, 0.717) is 18.7 Å². The van der Waals surface area contributed by atoms with Gasteiger partial charge in [-0.15, -0.1) is 11.3 Å². The summed E-state index contributed by atoms with van der Waals surface area (Å²) in [6.07, 6.45) is 3.87. The zero-order valence-electron chi connectivity index (χ0n) is 11.9. The molecule has 0 spiro atoms. The van der Waals surface area contributed by atoms with Crippen LogP contribution in [0.2, 0.25) is 0 Å². The molecule has 1 unspecified atom stereocenters. The molecule has 1 aromatic heterocycles. The Morgan fingerprint density at radius 3 is 2.67 bits per heavy atom. The molecule has 1 aromatic rings. The fourth-order valence-electron chi connectivity index (χ4n) is 2.47. The second kappa shape index (κ2) is 6.87. The molecular weight excluding hydrogens is 290 g/mol. The van der Waals surface area contributed by atoms with Crippen molar-refractivity contribution >= 4 is 29.3 Å². The van der Waals surface area contributed by atoms with Crippen molar-refractivity contribution < 1.29 is 19.8 Å². The first-order chi connectivity index (χ1) is 9.97. The lowest BCUT2D eigenvalue weighted by Gasteiger charge is -2.33. The van der Waals surface area contributed by atoms with Gasteiger partial charge in [0.15, 0.2) is 0 Å². The third-order valence-electron chi connectivity index (χ3n) is 3.77. The maximum atomic E-state index is 12.4. The van der Waals surface area contributed by atoms with Crippen LogP contribution in [0.25, 0.3) is 6.08 Å². The number of aliphatic hydroxyl groups excluding tert-OH is 1.